The first kappa shape index (κ1) is 13.7. The Morgan fingerprint density at radius 2 is 2.32 bits per heavy atom. The third-order valence-corrected chi connectivity index (χ3v) is 4.82. The number of hydrogen-bond acceptors (Lipinski definition) is 5. The van der Waals surface area contributed by atoms with Crippen molar-refractivity contribution in [2.45, 2.75) is 23.8 Å². The maximum Gasteiger partial charge on any atom is 0.245 e. The number of amidine groups is 1. The molecule has 1 unspecified atom stereocenters. The molecule has 1 aromatic heterocycles. The average Bonchev–Trinajstić information content (AvgIpc) is 2.87. The Balaban J connectivity index is 2.39. The fourth-order valence-corrected chi connectivity index (χ4v) is 3.70. The van der Waals surface area contributed by atoms with E-state index in [9.17, 15) is 12.8 Å². The molecular weight excluding hydrogens is 275 g/mol. The Labute approximate surface area is 109 Å². The van der Waals surface area contributed by atoms with Gasteiger partial charge < -0.3 is 10.9 Å². The number of aromatic nitrogens is 1. The first-order chi connectivity index (χ1) is 8.96. The van der Waals surface area contributed by atoms with Gasteiger partial charge in [-0.3, -0.25) is 4.98 Å². The van der Waals surface area contributed by atoms with E-state index in [0.717, 1.165) is 22.8 Å². The van der Waals surface area contributed by atoms with Gasteiger partial charge in [0.2, 0.25) is 10.0 Å². The molecule has 0 amide bonds. The van der Waals surface area contributed by atoms with E-state index >= 15 is 0 Å². The third-order valence-electron chi connectivity index (χ3n) is 2.95. The second-order valence-electron chi connectivity index (χ2n) is 4.14. The van der Waals surface area contributed by atoms with E-state index in [1.165, 1.54) is 0 Å². The Hall–Kier alpha value is -1.74. The molecule has 1 aromatic rings. The van der Waals surface area contributed by atoms with Gasteiger partial charge in [-0.15, -0.1) is 0 Å². The second-order valence-corrected chi connectivity index (χ2v) is 6.03. The maximum atomic E-state index is 13.1. The second kappa shape index (κ2) is 5.10. The fourth-order valence-electron chi connectivity index (χ4n) is 2.06. The van der Waals surface area contributed by atoms with Crippen LogP contribution in [0, 0.1) is 5.82 Å². The van der Waals surface area contributed by atoms with Crippen LogP contribution in [0.15, 0.2) is 28.5 Å². The molecule has 1 aliphatic heterocycles. The summed E-state index contributed by atoms with van der Waals surface area (Å²) in [7, 11) is -3.91. The minimum Gasteiger partial charge on any atom is -0.409 e. The molecular formula is C10H13FN4O3S. The lowest BCUT2D eigenvalue weighted by molar-refractivity contribution is 0.311. The van der Waals surface area contributed by atoms with Gasteiger partial charge in [0, 0.05) is 12.7 Å². The molecule has 0 aromatic carbocycles. The zero-order chi connectivity index (χ0) is 14.0. The van der Waals surface area contributed by atoms with Crippen molar-refractivity contribution in [1.29, 1.82) is 0 Å². The first-order valence-electron chi connectivity index (χ1n) is 5.56. The molecule has 1 aliphatic rings. The van der Waals surface area contributed by atoms with Crippen molar-refractivity contribution < 1.29 is 18.0 Å². The Kier molecular flexibility index (Phi) is 3.67. The van der Waals surface area contributed by atoms with Gasteiger partial charge in [-0.05, 0) is 18.9 Å². The molecule has 0 spiro atoms. The summed E-state index contributed by atoms with van der Waals surface area (Å²) in [6.45, 7) is 0.236. The summed E-state index contributed by atoms with van der Waals surface area (Å²) >= 11 is 0. The number of rotatable bonds is 3. The lowest BCUT2D eigenvalue weighted by atomic mass is 10.2. The van der Waals surface area contributed by atoms with Gasteiger partial charge in [-0.25, -0.2) is 12.8 Å². The quantitative estimate of drug-likeness (QED) is 0.355. The molecule has 0 bridgehead atoms. The molecule has 0 aliphatic carbocycles. The summed E-state index contributed by atoms with van der Waals surface area (Å²) in [5, 5.41) is 11.5. The number of pyridine rings is 1. The highest BCUT2D eigenvalue weighted by Gasteiger charge is 2.38. The normalized spacial score (nSPS) is 21.7. The predicted octanol–water partition coefficient (Wildman–Crippen LogP) is 0.120. The van der Waals surface area contributed by atoms with Crippen LogP contribution < -0.4 is 5.73 Å². The van der Waals surface area contributed by atoms with Crippen molar-refractivity contribution in [1.82, 2.24) is 9.29 Å². The van der Waals surface area contributed by atoms with Crippen LogP contribution >= 0.6 is 0 Å². The Morgan fingerprint density at radius 1 is 1.58 bits per heavy atom. The van der Waals surface area contributed by atoms with E-state index in [-0.39, 0.29) is 17.3 Å². The first-order valence-corrected chi connectivity index (χ1v) is 7.00. The standard InChI is InChI=1S/C10H13FN4O3S/c11-7-4-8(6-13-5-7)19(17,18)15-3-1-2-9(15)10(12)14-16/h4-6,9,16H,1-3H2,(H2,12,14). The van der Waals surface area contributed by atoms with Crippen molar-refractivity contribution in [3.63, 3.8) is 0 Å². The highest BCUT2D eigenvalue weighted by molar-refractivity contribution is 7.89. The van der Waals surface area contributed by atoms with E-state index in [1.54, 1.807) is 0 Å². The Morgan fingerprint density at radius 3 is 2.95 bits per heavy atom. The van der Waals surface area contributed by atoms with Crippen molar-refractivity contribution in [3.8, 4) is 0 Å². The number of hydrogen-bond donors (Lipinski definition) is 2. The van der Waals surface area contributed by atoms with E-state index in [2.05, 4.69) is 10.1 Å². The third kappa shape index (κ3) is 2.51. The van der Waals surface area contributed by atoms with Gasteiger partial charge in [-0.2, -0.15) is 4.31 Å². The van der Waals surface area contributed by atoms with Crippen LogP contribution in [0.1, 0.15) is 12.8 Å². The maximum absolute atomic E-state index is 13.1. The van der Waals surface area contributed by atoms with Gasteiger partial charge >= 0.3 is 0 Å². The van der Waals surface area contributed by atoms with Crippen molar-refractivity contribution in [2.24, 2.45) is 10.9 Å². The summed E-state index contributed by atoms with van der Waals surface area (Å²) in [5.41, 5.74) is 5.48. The minimum atomic E-state index is -3.91. The van der Waals surface area contributed by atoms with Crippen LogP contribution in [0.3, 0.4) is 0 Å². The monoisotopic (exact) mass is 288 g/mol. The molecule has 9 heteroatoms. The van der Waals surface area contributed by atoms with Gasteiger partial charge in [0.25, 0.3) is 0 Å². The summed E-state index contributed by atoms with van der Waals surface area (Å²) in [5.74, 6) is -0.911. The smallest absolute Gasteiger partial charge is 0.245 e. The largest absolute Gasteiger partial charge is 0.409 e. The topological polar surface area (TPSA) is 109 Å². The fraction of sp³-hybridized carbons (Fsp3) is 0.400. The lowest BCUT2D eigenvalue weighted by Crippen LogP contribution is -2.43. The molecule has 1 fully saturated rings. The van der Waals surface area contributed by atoms with E-state index in [0.29, 0.717) is 12.8 Å². The summed E-state index contributed by atoms with van der Waals surface area (Å²) < 4.78 is 38.9. The van der Waals surface area contributed by atoms with Crippen LogP contribution in [-0.2, 0) is 10.0 Å². The number of nitrogens with zero attached hydrogens (tertiary/aromatic N) is 3. The molecule has 0 saturated carbocycles. The van der Waals surface area contributed by atoms with Crippen LogP contribution in [-0.4, -0.2) is 41.3 Å². The van der Waals surface area contributed by atoms with Gasteiger partial charge in [0.15, 0.2) is 5.84 Å². The predicted molar refractivity (Wildman–Crippen MR) is 64.5 cm³/mol. The molecule has 104 valence electrons. The molecule has 1 saturated heterocycles. The van der Waals surface area contributed by atoms with Crippen LogP contribution in [0.25, 0.3) is 0 Å². The van der Waals surface area contributed by atoms with Gasteiger partial charge in [-0.1, -0.05) is 5.16 Å². The van der Waals surface area contributed by atoms with Crippen LogP contribution in [0.2, 0.25) is 0 Å². The number of nitrogens with two attached hydrogens (primary N) is 1. The average molecular weight is 288 g/mol. The number of halogens is 1. The van der Waals surface area contributed by atoms with E-state index in [4.69, 9.17) is 10.9 Å². The molecule has 0 radical (unpaired) electrons. The van der Waals surface area contributed by atoms with Gasteiger partial charge in [0.1, 0.15) is 10.7 Å². The number of sulfonamides is 1. The summed E-state index contributed by atoms with van der Waals surface area (Å²) in [4.78, 5) is 3.28. The zero-order valence-electron chi connectivity index (χ0n) is 9.90. The Bertz CT molecular complexity index is 605. The molecule has 3 N–H and O–H groups in total. The van der Waals surface area contributed by atoms with Gasteiger partial charge in [0.05, 0.1) is 12.2 Å². The molecule has 19 heavy (non-hydrogen) atoms. The van der Waals surface area contributed by atoms with Crippen LogP contribution in [0.4, 0.5) is 4.39 Å². The van der Waals surface area contributed by atoms with Crippen molar-refractivity contribution >= 4 is 15.9 Å². The summed E-state index contributed by atoms with van der Waals surface area (Å²) in [6.07, 6.45) is 3.03. The summed E-state index contributed by atoms with van der Waals surface area (Å²) in [6, 6.07) is 0.183. The molecule has 2 heterocycles. The highest BCUT2D eigenvalue weighted by Crippen LogP contribution is 2.26. The number of oxime groups is 1. The lowest BCUT2D eigenvalue weighted by Gasteiger charge is -2.22. The van der Waals surface area contributed by atoms with Crippen molar-refractivity contribution in [3.05, 3.63) is 24.3 Å². The highest BCUT2D eigenvalue weighted by atomic mass is 32.2. The molecule has 1 atom stereocenters. The minimum absolute atomic E-state index is 0.176. The SMILES string of the molecule is NC(=NO)C1CCCN1S(=O)(=O)c1cncc(F)c1. The zero-order valence-corrected chi connectivity index (χ0v) is 10.7. The molecule has 2 rings (SSSR count). The van der Waals surface area contributed by atoms with E-state index in [1.807, 2.05) is 0 Å². The van der Waals surface area contributed by atoms with Crippen molar-refractivity contribution in [2.75, 3.05) is 6.54 Å². The van der Waals surface area contributed by atoms with E-state index < -0.39 is 21.9 Å². The molecule has 7 nitrogen and oxygen atoms in total. The van der Waals surface area contributed by atoms with Crippen LogP contribution in [0.5, 0.6) is 0 Å².